The van der Waals surface area contributed by atoms with Crippen LogP contribution in [0.5, 0.6) is 0 Å². The molecule has 0 saturated heterocycles. The Morgan fingerprint density at radius 2 is 0.808 bits per heavy atom. The molecule has 0 nitrogen and oxygen atoms in total. The van der Waals surface area contributed by atoms with Crippen LogP contribution in [0.15, 0.2) is 170 Å². The summed E-state index contributed by atoms with van der Waals surface area (Å²) in [6.07, 6.45) is 3.44. The van der Waals surface area contributed by atoms with Crippen LogP contribution in [0.4, 0.5) is 0 Å². The Morgan fingerprint density at radius 3 is 1.21 bits per heavy atom. The first-order valence-electron chi connectivity index (χ1n) is 19.1. The highest BCUT2D eigenvalue weighted by Gasteiger charge is 2.51. The van der Waals surface area contributed by atoms with Crippen molar-refractivity contribution in [3.8, 4) is 22.3 Å². The Kier molecular flexibility index (Phi) is 7.70. The van der Waals surface area contributed by atoms with E-state index in [1.807, 2.05) is 0 Å². The van der Waals surface area contributed by atoms with Gasteiger partial charge in [0.1, 0.15) is 0 Å². The number of aryl methyl sites for hydroxylation is 1. The number of hydrogen-bond acceptors (Lipinski definition) is 0. The third-order valence-corrected chi connectivity index (χ3v) is 12.7. The minimum absolute atomic E-state index is 0.103. The third kappa shape index (κ3) is 4.46. The Labute approximate surface area is 309 Å². The molecule has 254 valence electrons. The summed E-state index contributed by atoms with van der Waals surface area (Å²) >= 11 is 0. The van der Waals surface area contributed by atoms with Crippen molar-refractivity contribution in [3.63, 3.8) is 0 Å². The fraction of sp³-hybridized carbons (Fsp3) is 0.192. The number of rotatable bonds is 8. The van der Waals surface area contributed by atoms with Gasteiger partial charge in [0.15, 0.2) is 0 Å². The zero-order valence-electron chi connectivity index (χ0n) is 30.8. The van der Waals surface area contributed by atoms with Crippen LogP contribution >= 0.6 is 0 Å². The average molecular weight is 671 g/mol. The number of hydrogen-bond donors (Lipinski definition) is 0. The highest BCUT2D eigenvalue weighted by Crippen LogP contribution is 2.63. The van der Waals surface area contributed by atoms with Crippen molar-refractivity contribution < 1.29 is 0 Å². The van der Waals surface area contributed by atoms with Gasteiger partial charge in [0.2, 0.25) is 0 Å². The summed E-state index contributed by atoms with van der Waals surface area (Å²) in [6, 6.07) is 64.8. The van der Waals surface area contributed by atoms with Crippen molar-refractivity contribution in [1.29, 1.82) is 0 Å². The van der Waals surface area contributed by atoms with Crippen molar-refractivity contribution in [2.75, 3.05) is 0 Å². The highest BCUT2D eigenvalue weighted by molar-refractivity contribution is 5.94. The fourth-order valence-corrected chi connectivity index (χ4v) is 10.0. The lowest BCUT2D eigenvalue weighted by Gasteiger charge is -2.36. The standard InChI is InChI=1S/C52H46/c1-5-31-50(4,6-2)41-28-30-43-45-35-48-44(34-49(45)52(47(43)33-41,39-23-15-9-16-24-39)40-25-17-10-18-26-40)42-29-27-36(3)32-46(42)51(48,37-19-11-7-12-20-37)38-21-13-8-14-22-38/h7-30,32-35H,5-6,31H2,1-4H3. The molecule has 2 aliphatic carbocycles. The molecule has 0 heteroatoms. The van der Waals surface area contributed by atoms with Gasteiger partial charge in [0, 0.05) is 0 Å². The van der Waals surface area contributed by atoms with Crippen LogP contribution in [0.2, 0.25) is 0 Å². The first-order chi connectivity index (χ1) is 25.5. The van der Waals surface area contributed by atoms with Crippen molar-refractivity contribution in [1.82, 2.24) is 0 Å². The van der Waals surface area contributed by atoms with Crippen LogP contribution in [0, 0.1) is 6.92 Å². The minimum Gasteiger partial charge on any atom is -0.0654 e. The summed E-state index contributed by atoms with van der Waals surface area (Å²) in [5.74, 6) is 0. The quantitative estimate of drug-likeness (QED) is 0.151. The summed E-state index contributed by atoms with van der Waals surface area (Å²) in [7, 11) is 0. The molecule has 9 rings (SSSR count). The molecule has 1 unspecified atom stereocenters. The molecule has 2 aliphatic rings. The molecule has 52 heavy (non-hydrogen) atoms. The van der Waals surface area contributed by atoms with Gasteiger partial charge in [0.05, 0.1) is 10.8 Å². The Hall–Kier alpha value is -5.46. The first-order valence-corrected chi connectivity index (χ1v) is 19.1. The van der Waals surface area contributed by atoms with Crippen molar-refractivity contribution in [2.24, 2.45) is 0 Å². The number of benzene rings is 7. The maximum atomic E-state index is 2.60. The number of fused-ring (bicyclic) bond motifs is 6. The van der Waals surface area contributed by atoms with E-state index in [9.17, 15) is 0 Å². The van der Waals surface area contributed by atoms with E-state index in [0.29, 0.717) is 0 Å². The second-order valence-electron chi connectivity index (χ2n) is 15.4. The Morgan fingerprint density at radius 1 is 0.423 bits per heavy atom. The molecule has 0 aliphatic heterocycles. The van der Waals surface area contributed by atoms with Gasteiger partial charge in [-0.3, -0.25) is 0 Å². The van der Waals surface area contributed by atoms with E-state index in [2.05, 4.69) is 198 Å². The average Bonchev–Trinajstić information content (AvgIpc) is 3.65. The van der Waals surface area contributed by atoms with Crippen LogP contribution in [0.1, 0.15) is 95.7 Å². The summed E-state index contributed by atoms with van der Waals surface area (Å²) in [4.78, 5) is 0. The molecule has 0 aromatic heterocycles. The van der Waals surface area contributed by atoms with Crippen LogP contribution < -0.4 is 0 Å². The minimum atomic E-state index is -0.477. The lowest BCUT2D eigenvalue weighted by atomic mass is 9.65. The monoisotopic (exact) mass is 670 g/mol. The SMILES string of the molecule is CCCC(C)(CC)c1ccc2c(c1)C(c1ccccc1)(c1ccccc1)c1cc3c(cc1-2)C(c1ccccc1)(c1ccccc1)c1cc(C)ccc1-3. The third-order valence-electron chi connectivity index (χ3n) is 12.7. The molecular formula is C52H46. The van der Waals surface area contributed by atoms with Crippen molar-refractivity contribution in [3.05, 3.63) is 225 Å². The second-order valence-corrected chi connectivity index (χ2v) is 15.4. The maximum Gasteiger partial charge on any atom is 0.0713 e. The van der Waals surface area contributed by atoms with Gasteiger partial charge in [-0.15, -0.1) is 0 Å². The molecule has 0 spiro atoms. The zero-order valence-corrected chi connectivity index (χ0v) is 30.8. The largest absolute Gasteiger partial charge is 0.0713 e. The predicted octanol–water partition coefficient (Wildman–Crippen LogP) is 13.2. The molecule has 0 amide bonds. The Balaban J connectivity index is 1.45. The van der Waals surface area contributed by atoms with E-state index in [0.717, 1.165) is 12.8 Å². The summed E-state index contributed by atoms with van der Waals surface area (Å²) in [5.41, 5.74) is 17.9. The molecule has 0 radical (unpaired) electrons. The molecular weight excluding hydrogens is 625 g/mol. The van der Waals surface area contributed by atoms with Crippen LogP contribution in [0.25, 0.3) is 22.3 Å². The lowest BCUT2D eigenvalue weighted by Crippen LogP contribution is -2.30. The van der Waals surface area contributed by atoms with Gasteiger partial charge in [0.25, 0.3) is 0 Å². The molecule has 0 N–H and O–H groups in total. The maximum absolute atomic E-state index is 2.60. The Bertz CT molecular complexity index is 2320. The van der Waals surface area contributed by atoms with E-state index in [1.165, 1.54) is 84.3 Å². The summed E-state index contributed by atoms with van der Waals surface area (Å²) in [5, 5.41) is 0. The zero-order chi connectivity index (χ0) is 35.5. The highest BCUT2D eigenvalue weighted by atomic mass is 14.5. The van der Waals surface area contributed by atoms with Gasteiger partial charge in [-0.25, -0.2) is 0 Å². The van der Waals surface area contributed by atoms with Crippen LogP contribution in [-0.4, -0.2) is 0 Å². The molecule has 7 aromatic rings. The van der Waals surface area contributed by atoms with Crippen LogP contribution in [-0.2, 0) is 16.2 Å². The molecule has 0 heterocycles. The van der Waals surface area contributed by atoms with Crippen molar-refractivity contribution in [2.45, 2.75) is 63.2 Å². The van der Waals surface area contributed by atoms with Crippen molar-refractivity contribution >= 4 is 0 Å². The van der Waals surface area contributed by atoms with E-state index in [1.54, 1.807) is 0 Å². The lowest BCUT2D eigenvalue weighted by molar-refractivity contribution is 0.413. The fourth-order valence-electron chi connectivity index (χ4n) is 10.0. The van der Waals surface area contributed by atoms with E-state index < -0.39 is 10.8 Å². The van der Waals surface area contributed by atoms with E-state index in [4.69, 9.17) is 0 Å². The summed E-state index contributed by atoms with van der Waals surface area (Å²) in [6.45, 7) is 9.38. The molecule has 0 fully saturated rings. The summed E-state index contributed by atoms with van der Waals surface area (Å²) < 4.78 is 0. The molecule has 7 aromatic carbocycles. The van der Waals surface area contributed by atoms with Gasteiger partial charge in [-0.05, 0) is 110 Å². The normalized spacial score (nSPS) is 15.6. The van der Waals surface area contributed by atoms with Crippen LogP contribution in [0.3, 0.4) is 0 Å². The molecule has 0 bridgehead atoms. The second kappa shape index (κ2) is 12.3. The smallest absolute Gasteiger partial charge is 0.0654 e. The van der Waals surface area contributed by atoms with Gasteiger partial charge >= 0.3 is 0 Å². The predicted molar refractivity (Wildman–Crippen MR) is 218 cm³/mol. The molecule has 0 saturated carbocycles. The van der Waals surface area contributed by atoms with Gasteiger partial charge < -0.3 is 0 Å². The first kappa shape index (κ1) is 32.4. The topological polar surface area (TPSA) is 0 Å². The van der Waals surface area contributed by atoms with Gasteiger partial charge in [-0.2, -0.15) is 0 Å². The van der Waals surface area contributed by atoms with Gasteiger partial charge in [-0.1, -0.05) is 190 Å². The molecule has 1 atom stereocenters. The van der Waals surface area contributed by atoms with E-state index in [-0.39, 0.29) is 5.41 Å². The van der Waals surface area contributed by atoms with E-state index >= 15 is 0 Å².